The summed E-state index contributed by atoms with van der Waals surface area (Å²) < 4.78 is 22.6. The van der Waals surface area contributed by atoms with Crippen molar-refractivity contribution in [3.05, 3.63) is 53.4 Å². The molecule has 190 valence electrons. The number of ether oxygens (including phenoxy) is 1. The molecular formula is C28H28ClFN6O. The monoisotopic (exact) mass is 518 g/mol. The fourth-order valence-electron chi connectivity index (χ4n) is 6.11. The number of pyridine rings is 1. The molecule has 3 fully saturated rings. The van der Waals surface area contributed by atoms with Crippen LogP contribution in [0.4, 0.5) is 10.2 Å². The Morgan fingerprint density at radius 1 is 1.03 bits per heavy atom. The maximum Gasteiger partial charge on any atom is 0.319 e. The van der Waals surface area contributed by atoms with Crippen LogP contribution >= 0.6 is 11.6 Å². The molecular weight excluding hydrogens is 491 g/mol. The van der Waals surface area contributed by atoms with E-state index in [2.05, 4.69) is 32.1 Å². The van der Waals surface area contributed by atoms with Crippen molar-refractivity contribution in [2.75, 3.05) is 38.1 Å². The molecule has 2 aromatic heterocycles. The van der Waals surface area contributed by atoms with Crippen LogP contribution in [0.2, 0.25) is 5.02 Å². The summed E-state index contributed by atoms with van der Waals surface area (Å²) in [4.78, 5) is 18.5. The number of fused-ring (bicyclic) bond motifs is 4. The van der Waals surface area contributed by atoms with E-state index in [-0.39, 0.29) is 23.3 Å². The molecule has 9 heteroatoms. The molecule has 3 saturated heterocycles. The molecule has 2 aromatic carbocycles. The van der Waals surface area contributed by atoms with Crippen LogP contribution in [-0.2, 0) is 0 Å². The standard InChI is InChI=1S/C28H28ClFN6O/c1-35-11-10-19(15-35)37-28-33-26-21(27(34-28)36-13-17-8-9-18(14-36)32-17)12-31-25(24(26)30)20-6-2-4-16-5-3-7-22(29)23(16)20/h2-7,12,17-19,32H,8-11,13-15H2,1H3. The summed E-state index contributed by atoms with van der Waals surface area (Å²) in [7, 11) is 2.07. The molecule has 7 rings (SSSR count). The van der Waals surface area contributed by atoms with E-state index < -0.39 is 5.82 Å². The number of likely N-dealkylation sites (N-methyl/N-ethyl adjacent to an activating group) is 1. The molecule has 0 saturated carbocycles. The van der Waals surface area contributed by atoms with Gasteiger partial charge in [-0.3, -0.25) is 4.98 Å². The van der Waals surface area contributed by atoms with Crippen molar-refractivity contribution in [1.29, 1.82) is 0 Å². The number of benzene rings is 2. The predicted octanol–water partition coefficient (Wildman–Crippen LogP) is 4.66. The van der Waals surface area contributed by atoms with Gasteiger partial charge in [0.25, 0.3) is 0 Å². The number of hydrogen-bond donors (Lipinski definition) is 1. The molecule has 2 bridgehead atoms. The minimum atomic E-state index is -0.486. The lowest BCUT2D eigenvalue weighted by atomic mass is 10.0. The van der Waals surface area contributed by atoms with Gasteiger partial charge < -0.3 is 19.9 Å². The first-order chi connectivity index (χ1) is 18.0. The Hall–Kier alpha value is -3.07. The first kappa shape index (κ1) is 23.1. The van der Waals surface area contributed by atoms with E-state index in [0.29, 0.717) is 33.9 Å². The summed E-state index contributed by atoms with van der Waals surface area (Å²) in [6.45, 7) is 3.39. The SMILES string of the molecule is CN1CCC(Oc2nc(N3CC4CCC(C3)N4)c3cnc(-c4cccc5cccc(Cl)c45)c(F)c3n2)C1. The van der Waals surface area contributed by atoms with Crippen LogP contribution < -0.4 is 15.0 Å². The number of nitrogens with zero attached hydrogens (tertiary/aromatic N) is 5. The van der Waals surface area contributed by atoms with Gasteiger partial charge in [0.2, 0.25) is 0 Å². The van der Waals surface area contributed by atoms with Gasteiger partial charge in [-0.25, -0.2) is 4.39 Å². The highest BCUT2D eigenvalue weighted by Gasteiger charge is 2.34. The van der Waals surface area contributed by atoms with Crippen LogP contribution in [0, 0.1) is 5.82 Å². The van der Waals surface area contributed by atoms with E-state index in [1.807, 2.05) is 36.4 Å². The molecule has 4 aromatic rings. The zero-order chi connectivity index (χ0) is 25.1. The zero-order valence-corrected chi connectivity index (χ0v) is 21.4. The Morgan fingerprint density at radius 3 is 2.57 bits per heavy atom. The van der Waals surface area contributed by atoms with Gasteiger partial charge in [0, 0.05) is 60.4 Å². The maximum absolute atomic E-state index is 16.4. The van der Waals surface area contributed by atoms with Gasteiger partial charge in [0.1, 0.15) is 23.1 Å². The van der Waals surface area contributed by atoms with Crippen LogP contribution in [0.1, 0.15) is 19.3 Å². The summed E-state index contributed by atoms with van der Waals surface area (Å²) in [6.07, 6.45) is 4.86. The minimum Gasteiger partial charge on any atom is -0.459 e. The van der Waals surface area contributed by atoms with Crippen LogP contribution in [0.25, 0.3) is 32.9 Å². The first-order valence-electron chi connectivity index (χ1n) is 12.9. The van der Waals surface area contributed by atoms with Crippen molar-refractivity contribution in [3.8, 4) is 17.3 Å². The van der Waals surface area contributed by atoms with Gasteiger partial charge in [-0.2, -0.15) is 9.97 Å². The second kappa shape index (κ2) is 9.04. The van der Waals surface area contributed by atoms with E-state index in [0.717, 1.165) is 56.2 Å². The number of likely N-dealkylation sites (tertiary alicyclic amines) is 1. The summed E-state index contributed by atoms with van der Waals surface area (Å²) >= 11 is 6.56. The van der Waals surface area contributed by atoms with Gasteiger partial charge in [-0.1, -0.05) is 41.9 Å². The molecule has 0 aliphatic carbocycles. The molecule has 5 heterocycles. The summed E-state index contributed by atoms with van der Waals surface area (Å²) in [5.41, 5.74) is 1.09. The van der Waals surface area contributed by atoms with Gasteiger partial charge in [0.15, 0.2) is 5.82 Å². The number of piperazine rings is 1. The van der Waals surface area contributed by atoms with Crippen LogP contribution in [0.3, 0.4) is 0 Å². The molecule has 0 radical (unpaired) electrons. The van der Waals surface area contributed by atoms with E-state index in [9.17, 15) is 0 Å². The number of rotatable bonds is 4. The Morgan fingerprint density at radius 2 is 1.81 bits per heavy atom. The van der Waals surface area contributed by atoms with E-state index in [4.69, 9.17) is 21.3 Å². The van der Waals surface area contributed by atoms with Crippen molar-refractivity contribution in [1.82, 2.24) is 25.2 Å². The topological polar surface area (TPSA) is 66.4 Å². The second-order valence-electron chi connectivity index (χ2n) is 10.5. The van der Waals surface area contributed by atoms with Crippen LogP contribution in [0.15, 0.2) is 42.6 Å². The normalized spacial score (nSPS) is 23.9. The summed E-state index contributed by atoms with van der Waals surface area (Å²) in [5.74, 6) is 0.207. The molecule has 0 amide bonds. The molecule has 1 N–H and O–H groups in total. The quantitative estimate of drug-likeness (QED) is 0.421. The third-order valence-corrected chi connectivity index (χ3v) is 8.20. The summed E-state index contributed by atoms with van der Waals surface area (Å²) in [5, 5.41) is 6.52. The average molecular weight is 519 g/mol. The Balaban J connectivity index is 1.39. The first-order valence-corrected chi connectivity index (χ1v) is 13.3. The Kier molecular flexibility index (Phi) is 5.64. The van der Waals surface area contributed by atoms with Crippen molar-refractivity contribution in [2.45, 2.75) is 37.5 Å². The largest absolute Gasteiger partial charge is 0.459 e. The second-order valence-corrected chi connectivity index (χ2v) is 10.9. The van der Waals surface area contributed by atoms with E-state index in [1.165, 1.54) is 0 Å². The third kappa shape index (κ3) is 4.07. The number of aromatic nitrogens is 3. The molecule has 3 atom stereocenters. The average Bonchev–Trinajstić information content (AvgIpc) is 3.47. The predicted molar refractivity (Wildman–Crippen MR) is 144 cm³/mol. The molecule has 0 spiro atoms. The number of halogens is 2. The lowest BCUT2D eigenvalue weighted by molar-refractivity contribution is 0.192. The minimum absolute atomic E-state index is 0.0178. The molecule has 3 unspecified atom stereocenters. The Labute approximate surface area is 219 Å². The van der Waals surface area contributed by atoms with Crippen molar-refractivity contribution in [3.63, 3.8) is 0 Å². The lowest BCUT2D eigenvalue weighted by Crippen LogP contribution is -2.51. The third-order valence-electron chi connectivity index (χ3n) is 7.89. The highest BCUT2D eigenvalue weighted by molar-refractivity contribution is 6.36. The van der Waals surface area contributed by atoms with E-state index >= 15 is 4.39 Å². The van der Waals surface area contributed by atoms with Crippen molar-refractivity contribution >= 4 is 39.1 Å². The van der Waals surface area contributed by atoms with Gasteiger partial charge >= 0.3 is 6.01 Å². The van der Waals surface area contributed by atoms with E-state index in [1.54, 1.807) is 6.20 Å². The maximum atomic E-state index is 16.4. The molecule has 37 heavy (non-hydrogen) atoms. The number of hydrogen-bond acceptors (Lipinski definition) is 7. The fraction of sp³-hybridized carbons (Fsp3) is 0.393. The van der Waals surface area contributed by atoms with Crippen molar-refractivity contribution < 1.29 is 9.13 Å². The van der Waals surface area contributed by atoms with Gasteiger partial charge in [0.05, 0.1) is 5.39 Å². The van der Waals surface area contributed by atoms with Gasteiger partial charge in [-0.15, -0.1) is 0 Å². The smallest absolute Gasteiger partial charge is 0.319 e. The summed E-state index contributed by atoms with van der Waals surface area (Å²) in [6, 6.07) is 12.4. The van der Waals surface area contributed by atoms with Crippen molar-refractivity contribution in [2.24, 2.45) is 0 Å². The Bertz CT molecular complexity index is 1500. The molecule has 3 aliphatic rings. The fourth-order valence-corrected chi connectivity index (χ4v) is 6.39. The number of nitrogens with one attached hydrogen (secondary N) is 1. The zero-order valence-electron chi connectivity index (χ0n) is 20.6. The van der Waals surface area contributed by atoms with Crippen LogP contribution in [0.5, 0.6) is 6.01 Å². The number of anilines is 1. The lowest BCUT2D eigenvalue weighted by Gasteiger charge is -2.34. The van der Waals surface area contributed by atoms with Crippen LogP contribution in [-0.4, -0.2) is 71.3 Å². The molecule has 7 nitrogen and oxygen atoms in total. The highest BCUT2D eigenvalue weighted by atomic mass is 35.5. The highest BCUT2D eigenvalue weighted by Crippen LogP contribution is 2.38. The van der Waals surface area contributed by atoms with Gasteiger partial charge in [-0.05, 0) is 37.8 Å². The molecule has 3 aliphatic heterocycles.